The monoisotopic (exact) mass is 255 g/mol. The van der Waals surface area contributed by atoms with Crippen LogP contribution < -0.4 is 0 Å². The van der Waals surface area contributed by atoms with Gasteiger partial charge in [-0.15, -0.1) is 0 Å². The fourth-order valence-corrected chi connectivity index (χ4v) is 1.92. The SMILES string of the molecule is CC(CC#N)N(C)C(=O)N1C[C@H](O)C[C@H]1C(=O)O. The number of urea groups is 1. The first-order valence-corrected chi connectivity index (χ1v) is 5.69. The minimum Gasteiger partial charge on any atom is -0.480 e. The smallest absolute Gasteiger partial charge is 0.326 e. The van der Waals surface area contributed by atoms with E-state index in [2.05, 4.69) is 0 Å². The van der Waals surface area contributed by atoms with Gasteiger partial charge in [-0.2, -0.15) is 5.26 Å². The molecule has 1 saturated heterocycles. The third-order valence-electron chi connectivity index (χ3n) is 3.16. The summed E-state index contributed by atoms with van der Waals surface area (Å²) < 4.78 is 0. The molecule has 0 aromatic carbocycles. The maximum atomic E-state index is 12.1. The molecule has 1 fully saturated rings. The van der Waals surface area contributed by atoms with E-state index in [9.17, 15) is 14.7 Å². The van der Waals surface area contributed by atoms with Crippen molar-refractivity contribution in [1.82, 2.24) is 9.80 Å². The molecule has 2 N–H and O–H groups in total. The van der Waals surface area contributed by atoms with Crippen molar-refractivity contribution in [2.75, 3.05) is 13.6 Å². The van der Waals surface area contributed by atoms with Crippen molar-refractivity contribution in [1.29, 1.82) is 5.26 Å². The molecule has 0 aromatic rings. The Kier molecular flexibility index (Phi) is 4.50. The number of carbonyl (C=O) groups is 2. The van der Waals surface area contributed by atoms with Gasteiger partial charge in [0.25, 0.3) is 0 Å². The Balaban J connectivity index is 2.76. The van der Waals surface area contributed by atoms with Gasteiger partial charge in [0.2, 0.25) is 0 Å². The molecule has 1 heterocycles. The van der Waals surface area contributed by atoms with E-state index in [1.54, 1.807) is 6.92 Å². The number of aliphatic hydroxyl groups excluding tert-OH is 1. The molecule has 7 nitrogen and oxygen atoms in total. The number of β-amino-alcohol motifs (C(OH)–C–C–N with tert-alkyl or cyclic N) is 1. The van der Waals surface area contributed by atoms with Crippen molar-refractivity contribution in [2.24, 2.45) is 0 Å². The average molecular weight is 255 g/mol. The largest absolute Gasteiger partial charge is 0.480 e. The van der Waals surface area contributed by atoms with Crippen molar-refractivity contribution in [3.05, 3.63) is 0 Å². The second kappa shape index (κ2) is 5.69. The zero-order valence-corrected chi connectivity index (χ0v) is 10.4. The molecule has 100 valence electrons. The highest BCUT2D eigenvalue weighted by Crippen LogP contribution is 2.20. The van der Waals surface area contributed by atoms with Gasteiger partial charge >= 0.3 is 12.0 Å². The molecular weight excluding hydrogens is 238 g/mol. The number of likely N-dealkylation sites (tertiary alicyclic amines) is 1. The van der Waals surface area contributed by atoms with Gasteiger partial charge < -0.3 is 20.0 Å². The third-order valence-corrected chi connectivity index (χ3v) is 3.16. The predicted molar refractivity (Wildman–Crippen MR) is 61.6 cm³/mol. The molecule has 0 aliphatic carbocycles. The van der Waals surface area contributed by atoms with Crippen LogP contribution in [-0.4, -0.2) is 63.8 Å². The van der Waals surface area contributed by atoms with Crippen molar-refractivity contribution in [2.45, 2.75) is 38.0 Å². The van der Waals surface area contributed by atoms with Crippen molar-refractivity contribution < 1.29 is 19.8 Å². The highest BCUT2D eigenvalue weighted by molar-refractivity contribution is 5.83. The van der Waals surface area contributed by atoms with Gasteiger partial charge in [-0.05, 0) is 6.92 Å². The molecule has 0 spiro atoms. The fraction of sp³-hybridized carbons (Fsp3) is 0.727. The summed E-state index contributed by atoms with van der Waals surface area (Å²) in [5, 5.41) is 27.0. The van der Waals surface area contributed by atoms with Crippen LogP contribution in [0, 0.1) is 11.3 Å². The lowest BCUT2D eigenvalue weighted by Gasteiger charge is -2.30. The molecule has 0 radical (unpaired) electrons. The summed E-state index contributed by atoms with van der Waals surface area (Å²) in [6.07, 6.45) is -0.590. The van der Waals surface area contributed by atoms with Crippen molar-refractivity contribution in [3.63, 3.8) is 0 Å². The van der Waals surface area contributed by atoms with Crippen LogP contribution in [0.25, 0.3) is 0 Å². The number of hydrogen-bond donors (Lipinski definition) is 2. The van der Waals surface area contributed by atoms with E-state index in [1.807, 2.05) is 6.07 Å². The van der Waals surface area contributed by atoms with E-state index in [1.165, 1.54) is 11.9 Å². The maximum Gasteiger partial charge on any atom is 0.326 e. The first-order valence-electron chi connectivity index (χ1n) is 5.69. The maximum absolute atomic E-state index is 12.1. The number of aliphatic hydroxyl groups is 1. The standard InChI is InChI=1S/C11H17N3O4/c1-7(3-4-12)13(2)11(18)14-6-8(15)5-9(14)10(16)17/h7-9,15H,3,5-6H2,1-2H3,(H,16,17)/t7?,8-,9+/m1/s1. The Morgan fingerprint density at radius 1 is 1.61 bits per heavy atom. The van der Waals surface area contributed by atoms with Crippen molar-refractivity contribution >= 4 is 12.0 Å². The normalized spacial score (nSPS) is 24.4. The third kappa shape index (κ3) is 2.90. The Morgan fingerprint density at radius 3 is 2.72 bits per heavy atom. The van der Waals surface area contributed by atoms with Gasteiger partial charge in [-0.3, -0.25) is 0 Å². The molecule has 0 bridgehead atoms. The van der Waals surface area contributed by atoms with Gasteiger partial charge in [0.05, 0.1) is 18.6 Å². The molecule has 0 aromatic heterocycles. The number of carbonyl (C=O) groups excluding carboxylic acids is 1. The van der Waals surface area contributed by atoms with Crippen LogP contribution in [0.3, 0.4) is 0 Å². The number of aliphatic carboxylic acids is 1. The first kappa shape index (κ1) is 14.3. The summed E-state index contributed by atoms with van der Waals surface area (Å²) in [6, 6.07) is 0.195. The zero-order valence-electron chi connectivity index (χ0n) is 10.4. The Hall–Kier alpha value is -1.81. The van der Waals surface area contributed by atoms with E-state index in [0.717, 1.165) is 4.90 Å². The minimum absolute atomic E-state index is 0.0133. The predicted octanol–water partition coefficient (Wildman–Crippen LogP) is -0.140. The Bertz CT molecular complexity index is 379. The van der Waals surface area contributed by atoms with Crippen LogP contribution in [0.5, 0.6) is 0 Å². The Labute approximate surface area is 105 Å². The number of rotatable bonds is 3. The van der Waals surface area contributed by atoms with Crippen LogP contribution in [0.2, 0.25) is 0 Å². The van der Waals surface area contributed by atoms with E-state index in [0.29, 0.717) is 0 Å². The molecule has 2 amide bonds. The van der Waals surface area contributed by atoms with Gasteiger partial charge in [0.15, 0.2) is 0 Å². The molecular formula is C11H17N3O4. The summed E-state index contributed by atoms with van der Waals surface area (Å²) in [4.78, 5) is 25.6. The summed E-state index contributed by atoms with van der Waals surface area (Å²) in [5.41, 5.74) is 0. The summed E-state index contributed by atoms with van der Waals surface area (Å²) in [7, 11) is 1.52. The van der Waals surface area contributed by atoms with Crippen molar-refractivity contribution in [3.8, 4) is 6.07 Å². The average Bonchev–Trinajstić information content (AvgIpc) is 2.69. The molecule has 7 heteroatoms. The number of hydrogen-bond acceptors (Lipinski definition) is 4. The molecule has 1 aliphatic rings. The summed E-state index contributed by atoms with van der Waals surface area (Å²) >= 11 is 0. The summed E-state index contributed by atoms with van der Waals surface area (Å²) in [6.45, 7) is 1.73. The number of amides is 2. The molecule has 3 atom stereocenters. The lowest BCUT2D eigenvalue weighted by molar-refractivity contribution is -0.141. The highest BCUT2D eigenvalue weighted by atomic mass is 16.4. The molecule has 1 aliphatic heterocycles. The molecule has 1 rings (SSSR count). The van der Waals surface area contributed by atoms with Crippen LogP contribution in [0.4, 0.5) is 4.79 Å². The number of nitrogens with zero attached hydrogens (tertiary/aromatic N) is 3. The van der Waals surface area contributed by atoms with Gasteiger partial charge in [-0.25, -0.2) is 9.59 Å². The number of nitriles is 1. The lowest BCUT2D eigenvalue weighted by Crippen LogP contribution is -2.49. The molecule has 18 heavy (non-hydrogen) atoms. The van der Waals surface area contributed by atoms with Crippen LogP contribution >= 0.6 is 0 Å². The van der Waals surface area contributed by atoms with Gasteiger partial charge in [-0.1, -0.05) is 0 Å². The highest BCUT2D eigenvalue weighted by Gasteiger charge is 2.40. The lowest BCUT2D eigenvalue weighted by atomic mass is 10.2. The molecule has 0 saturated carbocycles. The number of carboxylic acid groups (broad SMARTS) is 1. The topological polar surface area (TPSA) is 105 Å². The summed E-state index contributed by atoms with van der Waals surface area (Å²) in [5.74, 6) is -1.12. The Morgan fingerprint density at radius 2 is 2.22 bits per heavy atom. The van der Waals surface area contributed by atoms with Crippen LogP contribution in [-0.2, 0) is 4.79 Å². The van der Waals surface area contributed by atoms with E-state index in [-0.39, 0.29) is 25.4 Å². The number of carboxylic acids is 1. The second-order valence-electron chi connectivity index (χ2n) is 4.50. The van der Waals surface area contributed by atoms with E-state index in [4.69, 9.17) is 10.4 Å². The van der Waals surface area contributed by atoms with E-state index >= 15 is 0 Å². The fourth-order valence-electron chi connectivity index (χ4n) is 1.92. The van der Waals surface area contributed by atoms with Gasteiger partial charge in [0.1, 0.15) is 6.04 Å². The van der Waals surface area contributed by atoms with E-state index < -0.39 is 24.1 Å². The quantitative estimate of drug-likeness (QED) is 0.730. The second-order valence-corrected chi connectivity index (χ2v) is 4.50. The first-order chi connectivity index (χ1) is 8.38. The van der Waals surface area contributed by atoms with Gasteiger partial charge in [0, 0.05) is 26.1 Å². The molecule has 1 unspecified atom stereocenters. The van der Waals surface area contributed by atoms with Crippen LogP contribution in [0.15, 0.2) is 0 Å². The van der Waals surface area contributed by atoms with Crippen LogP contribution in [0.1, 0.15) is 19.8 Å². The minimum atomic E-state index is -1.12. The zero-order chi connectivity index (χ0) is 13.9.